The molecule has 1 amide bonds. The number of anilines is 1. The van der Waals surface area contributed by atoms with Crippen molar-refractivity contribution in [3.05, 3.63) is 47.5 Å². The molecule has 1 saturated heterocycles. The molecular formula is C25H28N4O3. The molecule has 1 spiro atoms. The number of fused-ring (bicyclic) bond motifs is 5. The number of nitrogens with zero attached hydrogens (tertiary/aromatic N) is 3. The Morgan fingerprint density at radius 1 is 1.19 bits per heavy atom. The van der Waals surface area contributed by atoms with Crippen LogP contribution in [0.1, 0.15) is 37.8 Å². The number of amidine groups is 1. The molecule has 0 bridgehead atoms. The minimum absolute atomic E-state index is 0.0830. The van der Waals surface area contributed by atoms with E-state index in [4.69, 9.17) is 15.2 Å². The summed E-state index contributed by atoms with van der Waals surface area (Å²) in [6.45, 7) is 7.48. The van der Waals surface area contributed by atoms with E-state index in [0.29, 0.717) is 41.4 Å². The molecule has 7 heteroatoms. The molecule has 1 fully saturated rings. The van der Waals surface area contributed by atoms with Crippen LogP contribution in [0, 0.1) is 5.92 Å². The van der Waals surface area contributed by atoms with Crippen LogP contribution in [0.4, 0.5) is 11.4 Å². The first-order chi connectivity index (χ1) is 15.5. The molecule has 2 aromatic carbocycles. The molecule has 0 saturated carbocycles. The summed E-state index contributed by atoms with van der Waals surface area (Å²) in [6.07, 6.45) is 1.48. The monoisotopic (exact) mass is 432 g/mol. The zero-order chi connectivity index (χ0) is 22.0. The molecule has 166 valence electrons. The van der Waals surface area contributed by atoms with Crippen molar-refractivity contribution < 1.29 is 14.3 Å². The number of hydrogen-bond acceptors (Lipinski definition) is 6. The molecule has 2 unspecified atom stereocenters. The number of carbonyl (C=O) groups is 1. The SMILES string of the molecule is CC(C)N1CCC(CN2C(=O)C3(CC(N)=Nc4cc5c(cc43)OCO5)c3ccccc32)C1. The normalized spacial score (nSPS) is 26.1. The molecule has 2 atom stereocenters. The maximum absolute atomic E-state index is 14.3. The van der Waals surface area contributed by atoms with Gasteiger partial charge in [0, 0.05) is 42.9 Å². The van der Waals surface area contributed by atoms with Crippen LogP contribution in [0.15, 0.2) is 41.4 Å². The Bertz CT molecular complexity index is 1140. The van der Waals surface area contributed by atoms with E-state index in [1.54, 1.807) is 0 Å². The van der Waals surface area contributed by atoms with Crippen LogP contribution in [0.2, 0.25) is 0 Å². The van der Waals surface area contributed by atoms with Crippen molar-refractivity contribution in [1.29, 1.82) is 0 Å². The van der Waals surface area contributed by atoms with Crippen LogP contribution in [0.5, 0.6) is 11.5 Å². The zero-order valence-corrected chi connectivity index (χ0v) is 18.5. The number of carbonyl (C=O) groups excluding carboxylic acids is 1. The average molecular weight is 433 g/mol. The van der Waals surface area contributed by atoms with Crippen molar-refractivity contribution in [3.8, 4) is 11.5 Å². The van der Waals surface area contributed by atoms with Gasteiger partial charge < -0.3 is 25.0 Å². The predicted molar refractivity (Wildman–Crippen MR) is 123 cm³/mol. The second-order valence-electron chi connectivity index (χ2n) is 9.58. The highest BCUT2D eigenvalue weighted by Crippen LogP contribution is 2.55. The Balaban J connectivity index is 1.45. The maximum Gasteiger partial charge on any atom is 0.242 e. The van der Waals surface area contributed by atoms with E-state index < -0.39 is 5.41 Å². The van der Waals surface area contributed by atoms with Gasteiger partial charge in [0.05, 0.1) is 5.69 Å². The van der Waals surface area contributed by atoms with Gasteiger partial charge in [-0.1, -0.05) is 18.2 Å². The highest BCUT2D eigenvalue weighted by molar-refractivity contribution is 6.14. The number of aliphatic imine (C=N–C) groups is 1. The predicted octanol–water partition coefficient (Wildman–Crippen LogP) is 3.17. The fourth-order valence-electron chi connectivity index (χ4n) is 5.80. The third kappa shape index (κ3) is 2.70. The number of hydrogen-bond donors (Lipinski definition) is 1. The fraction of sp³-hybridized carbons (Fsp3) is 0.440. The molecule has 6 rings (SSSR count). The highest BCUT2D eigenvalue weighted by Gasteiger charge is 2.55. The Labute approximate surface area is 187 Å². The third-order valence-electron chi connectivity index (χ3n) is 7.41. The first-order valence-electron chi connectivity index (χ1n) is 11.4. The van der Waals surface area contributed by atoms with E-state index in [2.05, 4.69) is 35.9 Å². The molecule has 32 heavy (non-hydrogen) atoms. The summed E-state index contributed by atoms with van der Waals surface area (Å²) in [5.74, 6) is 2.31. The van der Waals surface area contributed by atoms with Crippen molar-refractivity contribution in [1.82, 2.24) is 4.90 Å². The standard InChI is InChI=1S/C25H28N4O3/c1-15(2)28-8-7-16(12-28)13-29-20-6-4-3-5-17(20)25(24(29)30)11-23(26)27-19-10-22-21(9-18(19)25)31-14-32-22/h3-6,9-10,15-16H,7-8,11-14H2,1-2H3,(H2,26,27). The minimum Gasteiger partial charge on any atom is -0.454 e. The molecule has 0 aliphatic carbocycles. The van der Waals surface area contributed by atoms with Crippen LogP contribution in [-0.4, -0.2) is 49.1 Å². The van der Waals surface area contributed by atoms with Gasteiger partial charge in [-0.3, -0.25) is 4.79 Å². The zero-order valence-electron chi connectivity index (χ0n) is 18.5. The molecule has 4 aliphatic rings. The summed E-state index contributed by atoms with van der Waals surface area (Å²) in [6, 6.07) is 12.4. The lowest BCUT2D eigenvalue weighted by Gasteiger charge is -2.33. The number of rotatable bonds is 3. The molecular weight excluding hydrogens is 404 g/mol. The van der Waals surface area contributed by atoms with E-state index in [0.717, 1.165) is 42.9 Å². The Morgan fingerprint density at radius 3 is 2.75 bits per heavy atom. The maximum atomic E-state index is 14.3. The van der Waals surface area contributed by atoms with Gasteiger partial charge in [-0.25, -0.2) is 4.99 Å². The van der Waals surface area contributed by atoms with Crippen molar-refractivity contribution >= 4 is 23.1 Å². The number of amides is 1. The van der Waals surface area contributed by atoms with Crippen LogP contribution in [0.25, 0.3) is 0 Å². The molecule has 2 N–H and O–H groups in total. The summed E-state index contributed by atoms with van der Waals surface area (Å²) < 4.78 is 11.2. The van der Waals surface area contributed by atoms with Crippen LogP contribution in [-0.2, 0) is 10.2 Å². The summed E-state index contributed by atoms with van der Waals surface area (Å²) in [5.41, 5.74) is 8.98. The van der Waals surface area contributed by atoms with Crippen LogP contribution < -0.4 is 20.1 Å². The quantitative estimate of drug-likeness (QED) is 0.806. The first kappa shape index (κ1) is 19.6. The van der Waals surface area contributed by atoms with Gasteiger partial charge in [0.1, 0.15) is 11.3 Å². The number of para-hydroxylation sites is 1. The summed E-state index contributed by atoms with van der Waals surface area (Å²) in [5, 5.41) is 0. The fourth-order valence-corrected chi connectivity index (χ4v) is 5.80. The molecule has 4 aliphatic heterocycles. The van der Waals surface area contributed by atoms with Crippen molar-refractivity contribution in [3.63, 3.8) is 0 Å². The van der Waals surface area contributed by atoms with E-state index in [-0.39, 0.29) is 12.7 Å². The highest BCUT2D eigenvalue weighted by atomic mass is 16.7. The minimum atomic E-state index is -0.880. The molecule has 4 heterocycles. The number of likely N-dealkylation sites (tertiary alicyclic amines) is 1. The van der Waals surface area contributed by atoms with Crippen molar-refractivity contribution in [2.24, 2.45) is 16.6 Å². The number of ether oxygens (including phenoxy) is 2. The smallest absolute Gasteiger partial charge is 0.242 e. The van der Waals surface area contributed by atoms with Crippen LogP contribution >= 0.6 is 0 Å². The number of benzene rings is 2. The molecule has 2 aromatic rings. The number of nitrogens with two attached hydrogens (primary N) is 1. The van der Waals surface area contributed by atoms with E-state index in [9.17, 15) is 4.79 Å². The largest absolute Gasteiger partial charge is 0.454 e. The third-order valence-corrected chi connectivity index (χ3v) is 7.41. The summed E-state index contributed by atoms with van der Waals surface area (Å²) in [7, 11) is 0. The Hall–Kier alpha value is -3.06. The van der Waals surface area contributed by atoms with Crippen molar-refractivity contribution in [2.75, 3.05) is 31.3 Å². The first-order valence-corrected chi connectivity index (χ1v) is 11.4. The lowest BCUT2D eigenvalue weighted by atomic mass is 9.70. The Morgan fingerprint density at radius 2 is 1.97 bits per heavy atom. The molecule has 7 nitrogen and oxygen atoms in total. The van der Waals surface area contributed by atoms with Gasteiger partial charge in [-0.15, -0.1) is 0 Å². The van der Waals surface area contributed by atoms with Gasteiger partial charge in [0.2, 0.25) is 12.7 Å². The van der Waals surface area contributed by atoms with Gasteiger partial charge >= 0.3 is 0 Å². The molecule has 0 aromatic heterocycles. The van der Waals surface area contributed by atoms with E-state index in [1.165, 1.54) is 0 Å². The van der Waals surface area contributed by atoms with E-state index >= 15 is 0 Å². The van der Waals surface area contributed by atoms with Gasteiger partial charge in [0.25, 0.3) is 0 Å². The molecule has 0 radical (unpaired) electrons. The average Bonchev–Trinajstić information content (AvgIpc) is 3.48. The Kier molecular flexibility index (Phi) is 4.27. The van der Waals surface area contributed by atoms with Gasteiger partial charge in [-0.05, 0) is 50.4 Å². The second kappa shape index (κ2) is 6.97. The van der Waals surface area contributed by atoms with Crippen molar-refractivity contribution in [2.45, 2.75) is 38.1 Å². The summed E-state index contributed by atoms with van der Waals surface area (Å²) in [4.78, 5) is 23.4. The van der Waals surface area contributed by atoms with Gasteiger partial charge in [-0.2, -0.15) is 0 Å². The summed E-state index contributed by atoms with van der Waals surface area (Å²) >= 11 is 0. The topological polar surface area (TPSA) is 80.4 Å². The second-order valence-corrected chi connectivity index (χ2v) is 9.58. The lowest BCUT2D eigenvalue weighted by Crippen LogP contribution is -2.46. The van der Waals surface area contributed by atoms with E-state index in [1.807, 2.05) is 29.2 Å². The van der Waals surface area contributed by atoms with Gasteiger partial charge in [0.15, 0.2) is 11.5 Å². The lowest BCUT2D eigenvalue weighted by molar-refractivity contribution is -0.121. The van der Waals surface area contributed by atoms with Crippen LogP contribution in [0.3, 0.4) is 0 Å².